The number of hydrogen-bond donors (Lipinski definition) is 1. The fourth-order valence-corrected chi connectivity index (χ4v) is 3.78. The average molecular weight is 386 g/mol. The van der Waals surface area contributed by atoms with Crippen molar-refractivity contribution in [2.45, 2.75) is 25.3 Å². The van der Waals surface area contributed by atoms with Crippen molar-refractivity contribution in [3.8, 4) is 16.9 Å². The third kappa shape index (κ3) is 4.53. The molecule has 0 fully saturated rings. The van der Waals surface area contributed by atoms with E-state index in [-0.39, 0.29) is 11.4 Å². The first kappa shape index (κ1) is 19.1. The van der Waals surface area contributed by atoms with Crippen molar-refractivity contribution < 1.29 is 13.2 Å². The largest absolute Gasteiger partial charge is 0.494 e. The maximum Gasteiger partial charge on any atom is 0.240 e. The van der Waals surface area contributed by atoms with Crippen LogP contribution in [0.2, 0.25) is 0 Å². The number of hydrogen-bond acceptors (Lipinski definition) is 5. The molecule has 0 aliphatic heterocycles. The minimum Gasteiger partial charge on any atom is -0.494 e. The summed E-state index contributed by atoms with van der Waals surface area (Å²) in [4.78, 5) is 4.41. The van der Waals surface area contributed by atoms with Gasteiger partial charge >= 0.3 is 0 Å². The molecule has 3 rings (SSSR count). The van der Waals surface area contributed by atoms with E-state index < -0.39 is 10.0 Å². The first-order valence-corrected chi connectivity index (χ1v) is 10.0. The van der Waals surface area contributed by atoms with E-state index in [1.165, 1.54) is 0 Å². The standard InChI is InChI=1S/C19H22N4O3S/c1-4-26-19-6-5-18(7-14(19)2)27(24,25)22-10-15-8-16(11-20-9-15)17-12-21-23(3)13-17/h5-9,11-13,22H,4,10H2,1-3H3. The van der Waals surface area contributed by atoms with Gasteiger partial charge in [-0.2, -0.15) is 5.10 Å². The molecule has 2 aromatic heterocycles. The van der Waals surface area contributed by atoms with Gasteiger partial charge in [0.1, 0.15) is 5.75 Å². The molecular weight excluding hydrogens is 364 g/mol. The Balaban J connectivity index is 1.75. The maximum atomic E-state index is 12.6. The van der Waals surface area contributed by atoms with Gasteiger partial charge in [-0.25, -0.2) is 13.1 Å². The molecule has 0 atom stereocenters. The SMILES string of the molecule is CCOc1ccc(S(=O)(=O)NCc2cncc(-c3cnn(C)c3)c2)cc1C. The summed E-state index contributed by atoms with van der Waals surface area (Å²) in [6.07, 6.45) is 7.00. The lowest BCUT2D eigenvalue weighted by molar-refractivity contribution is 0.337. The van der Waals surface area contributed by atoms with Gasteiger partial charge in [0.15, 0.2) is 0 Å². The highest BCUT2D eigenvalue weighted by molar-refractivity contribution is 7.89. The fraction of sp³-hybridized carbons (Fsp3) is 0.263. The van der Waals surface area contributed by atoms with Crippen molar-refractivity contribution >= 4 is 10.0 Å². The lowest BCUT2D eigenvalue weighted by atomic mass is 10.1. The van der Waals surface area contributed by atoms with Crippen LogP contribution in [0.5, 0.6) is 5.75 Å². The molecular formula is C19H22N4O3S. The highest BCUT2D eigenvalue weighted by Gasteiger charge is 2.15. The predicted molar refractivity (Wildman–Crippen MR) is 103 cm³/mol. The van der Waals surface area contributed by atoms with Crippen LogP contribution in [0.4, 0.5) is 0 Å². The number of aromatic nitrogens is 3. The van der Waals surface area contributed by atoms with E-state index >= 15 is 0 Å². The molecule has 3 aromatic rings. The van der Waals surface area contributed by atoms with Crippen molar-refractivity contribution in [3.05, 3.63) is 60.2 Å². The molecule has 0 bridgehead atoms. The van der Waals surface area contributed by atoms with Crippen LogP contribution in [0.15, 0.2) is 53.9 Å². The van der Waals surface area contributed by atoms with Gasteiger partial charge in [0.05, 0.1) is 17.7 Å². The number of pyridine rings is 1. The highest BCUT2D eigenvalue weighted by atomic mass is 32.2. The van der Waals surface area contributed by atoms with Crippen LogP contribution < -0.4 is 9.46 Å². The predicted octanol–water partition coefficient (Wildman–Crippen LogP) is 2.67. The molecule has 0 spiro atoms. The zero-order valence-corrected chi connectivity index (χ0v) is 16.3. The van der Waals surface area contributed by atoms with Crippen LogP contribution in [0.1, 0.15) is 18.1 Å². The van der Waals surface area contributed by atoms with Gasteiger partial charge in [0.2, 0.25) is 10.0 Å². The highest BCUT2D eigenvalue weighted by Crippen LogP contribution is 2.22. The van der Waals surface area contributed by atoms with Gasteiger partial charge in [-0.15, -0.1) is 0 Å². The van der Waals surface area contributed by atoms with Gasteiger partial charge in [0, 0.05) is 43.3 Å². The topological polar surface area (TPSA) is 86.1 Å². The van der Waals surface area contributed by atoms with Crippen LogP contribution >= 0.6 is 0 Å². The zero-order chi connectivity index (χ0) is 19.4. The van der Waals surface area contributed by atoms with E-state index in [1.54, 1.807) is 41.5 Å². The summed E-state index contributed by atoms with van der Waals surface area (Å²) in [6, 6.07) is 6.73. The smallest absolute Gasteiger partial charge is 0.240 e. The Morgan fingerprint density at radius 3 is 2.63 bits per heavy atom. The Bertz CT molecular complexity index is 1040. The van der Waals surface area contributed by atoms with Gasteiger partial charge < -0.3 is 4.74 Å². The third-order valence-electron chi connectivity index (χ3n) is 4.06. The van der Waals surface area contributed by atoms with E-state index in [4.69, 9.17) is 4.74 Å². The molecule has 1 aromatic carbocycles. The average Bonchev–Trinajstić information content (AvgIpc) is 3.09. The van der Waals surface area contributed by atoms with Crippen LogP contribution in [-0.4, -0.2) is 29.8 Å². The number of aryl methyl sites for hydroxylation is 2. The number of ether oxygens (including phenoxy) is 1. The molecule has 7 nitrogen and oxygen atoms in total. The number of nitrogens with one attached hydrogen (secondary N) is 1. The summed E-state index contributed by atoms with van der Waals surface area (Å²) >= 11 is 0. The van der Waals surface area contributed by atoms with Crippen LogP contribution in [-0.2, 0) is 23.6 Å². The second kappa shape index (κ2) is 7.89. The quantitative estimate of drug-likeness (QED) is 0.675. The van der Waals surface area contributed by atoms with Crippen LogP contribution in [0.3, 0.4) is 0 Å². The molecule has 142 valence electrons. The Kier molecular flexibility index (Phi) is 5.57. The molecule has 0 saturated carbocycles. The molecule has 0 radical (unpaired) electrons. The Labute approximate surface area is 159 Å². The van der Waals surface area contributed by atoms with E-state index in [9.17, 15) is 8.42 Å². The maximum absolute atomic E-state index is 12.6. The van der Waals surface area contributed by atoms with Crippen LogP contribution in [0, 0.1) is 6.92 Å². The Morgan fingerprint density at radius 1 is 1.15 bits per heavy atom. The van der Waals surface area contributed by atoms with Crippen molar-refractivity contribution in [3.63, 3.8) is 0 Å². The molecule has 0 aliphatic rings. The fourth-order valence-electron chi connectivity index (χ4n) is 2.68. The monoisotopic (exact) mass is 386 g/mol. The number of rotatable bonds is 7. The Hall–Kier alpha value is -2.71. The van der Waals surface area contributed by atoms with E-state index in [2.05, 4.69) is 14.8 Å². The first-order valence-electron chi connectivity index (χ1n) is 8.55. The lowest BCUT2D eigenvalue weighted by Crippen LogP contribution is -2.23. The van der Waals surface area contributed by atoms with Gasteiger partial charge in [0.25, 0.3) is 0 Å². The summed E-state index contributed by atoms with van der Waals surface area (Å²) < 4.78 is 35.0. The summed E-state index contributed by atoms with van der Waals surface area (Å²) in [6.45, 7) is 4.39. The summed E-state index contributed by atoms with van der Waals surface area (Å²) in [5.41, 5.74) is 3.36. The van der Waals surface area contributed by atoms with E-state index in [0.717, 1.165) is 22.3 Å². The second-order valence-electron chi connectivity index (χ2n) is 6.17. The number of sulfonamides is 1. The molecule has 2 heterocycles. The molecule has 0 saturated heterocycles. The lowest BCUT2D eigenvalue weighted by Gasteiger charge is -2.11. The summed E-state index contributed by atoms with van der Waals surface area (Å²) in [7, 11) is -1.79. The van der Waals surface area contributed by atoms with Gasteiger partial charge in [-0.3, -0.25) is 9.67 Å². The first-order chi connectivity index (χ1) is 12.9. The summed E-state index contributed by atoms with van der Waals surface area (Å²) in [5.74, 6) is 0.685. The van der Waals surface area contributed by atoms with Gasteiger partial charge in [-0.1, -0.05) is 0 Å². The molecule has 1 N–H and O–H groups in total. The number of nitrogens with zero attached hydrogens (tertiary/aromatic N) is 3. The molecule has 0 amide bonds. The zero-order valence-electron chi connectivity index (χ0n) is 15.5. The molecule has 8 heteroatoms. The van der Waals surface area contributed by atoms with Crippen molar-refractivity contribution in [1.29, 1.82) is 0 Å². The van der Waals surface area contributed by atoms with Crippen molar-refractivity contribution in [2.24, 2.45) is 7.05 Å². The van der Waals surface area contributed by atoms with Crippen molar-refractivity contribution in [2.75, 3.05) is 6.61 Å². The second-order valence-corrected chi connectivity index (χ2v) is 7.94. The molecule has 0 unspecified atom stereocenters. The van der Waals surface area contributed by atoms with Crippen LogP contribution in [0.25, 0.3) is 11.1 Å². The van der Waals surface area contributed by atoms with E-state index in [0.29, 0.717) is 12.4 Å². The molecule has 27 heavy (non-hydrogen) atoms. The third-order valence-corrected chi connectivity index (χ3v) is 5.45. The summed E-state index contributed by atoms with van der Waals surface area (Å²) in [5, 5.41) is 4.14. The minimum atomic E-state index is -3.64. The van der Waals surface area contributed by atoms with Gasteiger partial charge in [-0.05, 0) is 49.2 Å². The number of benzene rings is 1. The molecule has 0 aliphatic carbocycles. The minimum absolute atomic E-state index is 0.149. The van der Waals surface area contributed by atoms with E-state index in [1.807, 2.05) is 33.2 Å². The Morgan fingerprint density at radius 2 is 1.96 bits per heavy atom. The van der Waals surface area contributed by atoms with Crippen molar-refractivity contribution in [1.82, 2.24) is 19.5 Å². The normalized spacial score (nSPS) is 11.5.